The van der Waals surface area contributed by atoms with Crippen molar-refractivity contribution in [3.8, 4) is 12.3 Å². The fraction of sp³-hybridized carbons (Fsp3) is 0.519. The maximum absolute atomic E-state index is 14.1. The lowest BCUT2D eigenvalue weighted by Gasteiger charge is -2.52. The van der Waals surface area contributed by atoms with E-state index in [9.17, 15) is 18.7 Å². The Bertz CT molecular complexity index is 979. The van der Waals surface area contributed by atoms with E-state index in [2.05, 4.69) is 19.3 Å². The normalized spacial score (nSPS) is 33.9. The average molecular weight is 425 g/mol. The van der Waals surface area contributed by atoms with E-state index in [1.807, 2.05) is 0 Å². The highest BCUT2D eigenvalue weighted by molar-refractivity contribution is 5.93. The van der Waals surface area contributed by atoms with E-state index in [-0.39, 0.29) is 23.2 Å². The number of ketones is 1. The lowest BCUT2D eigenvalue weighted by molar-refractivity contribution is -0.114. The van der Waals surface area contributed by atoms with Crippen LogP contribution in [0.1, 0.15) is 70.3 Å². The van der Waals surface area contributed by atoms with Gasteiger partial charge in [-0.05, 0) is 97.6 Å². The van der Waals surface area contributed by atoms with Gasteiger partial charge in [0.15, 0.2) is 5.78 Å². The Kier molecular flexibility index (Phi) is 5.92. The van der Waals surface area contributed by atoms with Crippen molar-refractivity contribution in [3.05, 3.63) is 58.2 Å². The summed E-state index contributed by atoms with van der Waals surface area (Å²) in [6, 6.07) is 3.83. The number of halogens is 2. The summed E-state index contributed by atoms with van der Waals surface area (Å²) in [7, 11) is 0. The number of terminal acetylenes is 1. The third-order valence-corrected chi connectivity index (χ3v) is 7.97. The summed E-state index contributed by atoms with van der Waals surface area (Å²) in [6.07, 6.45) is 11.6. The Morgan fingerprint density at radius 1 is 1.10 bits per heavy atom. The summed E-state index contributed by atoms with van der Waals surface area (Å²) in [5.41, 5.74) is 4.13. The molecule has 5 atom stereocenters. The lowest BCUT2D eigenvalue weighted by Crippen LogP contribution is -2.45. The Hall–Kier alpha value is -2.25. The minimum absolute atomic E-state index is 0.101. The second-order valence-electron chi connectivity index (χ2n) is 9.67. The van der Waals surface area contributed by atoms with E-state index < -0.39 is 11.6 Å². The fourth-order valence-electron chi connectivity index (χ4n) is 6.71. The van der Waals surface area contributed by atoms with Crippen molar-refractivity contribution in [2.24, 2.45) is 17.3 Å². The molecule has 2 fully saturated rings. The maximum atomic E-state index is 14.1. The second-order valence-corrected chi connectivity index (χ2v) is 9.67. The van der Waals surface area contributed by atoms with Crippen LogP contribution < -0.4 is 0 Å². The van der Waals surface area contributed by atoms with Crippen LogP contribution in [0.3, 0.4) is 0 Å². The number of carbonyl (C=O) groups excluding carboxylic acids is 1. The fourth-order valence-corrected chi connectivity index (χ4v) is 6.71. The predicted molar refractivity (Wildman–Crippen MR) is 117 cm³/mol. The summed E-state index contributed by atoms with van der Waals surface area (Å²) in [5.74, 6) is 1.95. The number of fused-ring (bicyclic) bond motifs is 4. The molecule has 2 saturated carbocycles. The first-order valence-electron chi connectivity index (χ1n) is 11.3. The zero-order valence-electron chi connectivity index (χ0n) is 18.3. The molecule has 0 aliphatic heterocycles. The highest BCUT2D eigenvalue weighted by Crippen LogP contribution is 2.63. The number of hydrogen-bond donors (Lipinski definition) is 1. The molecule has 5 unspecified atom stereocenters. The third kappa shape index (κ3) is 3.78. The zero-order valence-corrected chi connectivity index (χ0v) is 18.3. The highest BCUT2D eigenvalue weighted by atomic mass is 19.1. The van der Waals surface area contributed by atoms with Crippen molar-refractivity contribution in [1.82, 2.24) is 0 Å². The molecule has 1 N–H and O–H groups in total. The van der Waals surface area contributed by atoms with E-state index in [4.69, 9.17) is 0 Å². The van der Waals surface area contributed by atoms with Crippen LogP contribution in [0, 0.1) is 41.2 Å². The maximum Gasteiger partial charge on any atom is 0.156 e. The predicted octanol–water partition coefficient (Wildman–Crippen LogP) is 5.86. The van der Waals surface area contributed by atoms with Crippen LogP contribution in [-0.4, -0.2) is 17.0 Å². The van der Waals surface area contributed by atoms with Crippen molar-refractivity contribution in [2.75, 3.05) is 0 Å². The Labute approximate surface area is 183 Å². The molecular formula is C27H30F2O2. The van der Waals surface area contributed by atoms with Gasteiger partial charge in [-0.2, -0.15) is 0 Å². The lowest BCUT2D eigenvalue weighted by atomic mass is 9.53. The molecule has 4 heteroatoms. The molecule has 1 aromatic rings. The zero-order chi connectivity index (χ0) is 22.3. The first-order valence-corrected chi connectivity index (χ1v) is 11.3. The van der Waals surface area contributed by atoms with Gasteiger partial charge in [-0.1, -0.05) is 12.5 Å². The first kappa shape index (κ1) is 22.0. The Balaban J connectivity index is 0.000000730. The summed E-state index contributed by atoms with van der Waals surface area (Å²) in [6.45, 7) is 3.81. The number of allylic oxidation sites excluding steroid dienone is 4. The van der Waals surface area contributed by atoms with Crippen LogP contribution in [0.4, 0.5) is 8.78 Å². The Morgan fingerprint density at radius 2 is 1.77 bits per heavy atom. The molecule has 4 aliphatic carbocycles. The van der Waals surface area contributed by atoms with Crippen molar-refractivity contribution in [1.29, 1.82) is 0 Å². The molecule has 0 aromatic heterocycles. The third-order valence-electron chi connectivity index (χ3n) is 7.97. The molecule has 0 heterocycles. The van der Waals surface area contributed by atoms with E-state index in [0.717, 1.165) is 43.7 Å². The van der Waals surface area contributed by atoms with E-state index in [1.165, 1.54) is 23.3 Å². The minimum atomic E-state index is -0.554. The van der Waals surface area contributed by atoms with Gasteiger partial charge in [0, 0.05) is 18.4 Å². The molecule has 31 heavy (non-hydrogen) atoms. The number of carbonyl (C=O) groups is 1. The largest absolute Gasteiger partial charge is 0.393 e. The molecular weight excluding hydrogens is 394 g/mol. The van der Waals surface area contributed by atoms with Crippen LogP contribution in [0.25, 0.3) is 0 Å². The van der Waals surface area contributed by atoms with Crippen LogP contribution in [0.15, 0.2) is 41.0 Å². The van der Waals surface area contributed by atoms with E-state index >= 15 is 0 Å². The average Bonchev–Trinajstić information content (AvgIpc) is 3.01. The monoisotopic (exact) mass is 424 g/mol. The van der Waals surface area contributed by atoms with E-state index in [0.29, 0.717) is 30.2 Å². The number of aliphatic hydroxyl groups is 1. The van der Waals surface area contributed by atoms with Crippen LogP contribution >= 0.6 is 0 Å². The second kappa shape index (κ2) is 8.36. The number of aliphatic hydroxyl groups excluding tert-OH is 1. The number of rotatable bonds is 1. The Morgan fingerprint density at radius 3 is 2.45 bits per heavy atom. The summed E-state index contributed by atoms with van der Waals surface area (Å²) >= 11 is 0. The van der Waals surface area contributed by atoms with Gasteiger partial charge in [0.05, 0.1) is 6.10 Å². The van der Waals surface area contributed by atoms with Crippen molar-refractivity contribution in [2.45, 2.75) is 70.8 Å². The van der Waals surface area contributed by atoms with E-state index in [1.54, 1.807) is 13.0 Å². The van der Waals surface area contributed by atoms with Gasteiger partial charge in [0.25, 0.3) is 0 Å². The molecule has 164 valence electrons. The molecule has 0 amide bonds. The summed E-state index contributed by atoms with van der Waals surface area (Å²) < 4.78 is 28.1. The SMILES string of the molecule is C#CC.CC12CC(c3cc(F)cc(F)c3)C3=C4CCC(=O)C=C4CCC3C1CCC2O. The molecule has 0 bridgehead atoms. The van der Waals surface area contributed by atoms with Crippen molar-refractivity contribution >= 4 is 5.78 Å². The molecule has 0 saturated heterocycles. The van der Waals surface area contributed by atoms with Gasteiger partial charge in [0.1, 0.15) is 11.6 Å². The molecule has 0 radical (unpaired) electrons. The summed E-state index contributed by atoms with van der Waals surface area (Å²) in [4.78, 5) is 12.0. The molecule has 4 aliphatic rings. The van der Waals surface area contributed by atoms with Gasteiger partial charge >= 0.3 is 0 Å². The first-order chi connectivity index (χ1) is 14.8. The smallest absolute Gasteiger partial charge is 0.156 e. The molecule has 1 aromatic carbocycles. The topological polar surface area (TPSA) is 37.3 Å². The molecule has 0 spiro atoms. The quantitative estimate of drug-likeness (QED) is 0.573. The number of benzene rings is 1. The van der Waals surface area contributed by atoms with Crippen molar-refractivity contribution in [3.63, 3.8) is 0 Å². The van der Waals surface area contributed by atoms with Gasteiger partial charge in [-0.15, -0.1) is 12.3 Å². The minimum Gasteiger partial charge on any atom is -0.393 e. The van der Waals surface area contributed by atoms with Crippen LogP contribution in [-0.2, 0) is 4.79 Å². The van der Waals surface area contributed by atoms with Gasteiger partial charge in [0.2, 0.25) is 0 Å². The van der Waals surface area contributed by atoms with Gasteiger partial charge < -0.3 is 5.11 Å². The van der Waals surface area contributed by atoms with Crippen molar-refractivity contribution < 1.29 is 18.7 Å². The molecule has 5 rings (SSSR count). The highest BCUT2D eigenvalue weighted by Gasteiger charge is 2.56. The van der Waals surface area contributed by atoms with Gasteiger partial charge in [-0.3, -0.25) is 4.79 Å². The van der Waals surface area contributed by atoms with Crippen LogP contribution in [0.5, 0.6) is 0 Å². The summed E-state index contributed by atoms with van der Waals surface area (Å²) in [5, 5.41) is 10.8. The number of hydrogen-bond acceptors (Lipinski definition) is 2. The van der Waals surface area contributed by atoms with Crippen LogP contribution in [0.2, 0.25) is 0 Å². The van der Waals surface area contributed by atoms with Gasteiger partial charge in [-0.25, -0.2) is 8.78 Å². The standard InChI is InChI=1S/C24H26F2O2.C3H4/c1-24-12-20(14-8-15(25)11-16(26)9-14)23-18-5-3-17(27)10-13(18)2-4-19(23)21(24)6-7-22(24)28;1-3-2/h8-11,19-22,28H,2-7,12H2,1H3;1H,2H3. The molecule has 2 nitrogen and oxygen atoms in total.